The maximum absolute atomic E-state index is 12.1. The van der Waals surface area contributed by atoms with Crippen molar-refractivity contribution in [3.63, 3.8) is 0 Å². The predicted molar refractivity (Wildman–Crippen MR) is 113 cm³/mol. The Morgan fingerprint density at radius 3 is 2.32 bits per heavy atom. The number of benzene rings is 1. The zero-order valence-corrected chi connectivity index (χ0v) is 17.5. The van der Waals surface area contributed by atoms with Crippen LogP contribution in [0.5, 0.6) is 0 Å². The van der Waals surface area contributed by atoms with E-state index >= 15 is 0 Å². The lowest BCUT2D eigenvalue weighted by atomic mass is 10.0. The van der Waals surface area contributed by atoms with Gasteiger partial charge in [0.05, 0.1) is 0 Å². The number of carbonyl (C=O) groups is 1. The van der Waals surface area contributed by atoms with Crippen molar-refractivity contribution in [2.45, 2.75) is 40.5 Å². The summed E-state index contributed by atoms with van der Waals surface area (Å²) in [4.78, 5) is 25.8. The molecule has 0 saturated carbocycles. The average Bonchev–Trinajstić information content (AvgIpc) is 2.71. The first-order valence-electron chi connectivity index (χ1n) is 10.2. The first-order chi connectivity index (χ1) is 13.5. The number of urea groups is 1. The van der Waals surface area contributed by atoms with E-state index in [-0.39, 0.29) is 6.03 Å². The molecule has 1 saturated heterocycles. The number of nitrogens with zero attached hydrogens (tertiary/aromatic N) is 4. The van der Waals surface area contributed by atoms with Crippen LogP contribution in [0.3, 0.4) is 0 Å². The highest BCUT2D eigenvalue weighted by Gasteiger charge is 2.24. The molecule has 0 atom stereocenters. The molecule has 6 heteroatoms. The number of aryl methyl sites for hydroxylation is 3. The van der Waals surface area contributed by atoms with Gasteiger partial charge in [0.2, 0.25) is 0 Å². The van der Waals surface area contributed by atoms with Gasteiger partial charge in [-0.1, -0.05) is 36.8 Å². The second-order valence-electron chi connectivity index (χ2n) is 7.35. The van der Waals surface area contributed by atoms with E-state index in [1.807, 2.05) is 18.7 Å². The van der Waals surface area contributed by atoms with E-state index in [4.69, 9.17) is 9.97 Å². The van der Waals surface area contributed by atoms with Gasteiger partial charge < -0.3 is 15.1 Å². The Morgan fingerprint density at radius 1 is 1.04 bits per heavy atom. The third-order valence-electron chi connectivity index (χ3n) is 5.21. The molecule has 1 aliphatic heterocycles. The van der Waals surface area contributed by atoms with Gasteiger partial charge in [-0.15, -0.1) is 0 Å². The number of anilines is 1. The van der Waals surface area contributed by atoms with Crippen molar-refractivity contribution in [3.05, 3.63) is 52.5 Å². The molecule has 0 spiro atoms. The first kappa shape index (κ1) is 20.1. The molecule has 2 heterocycles. The zero-order chi connectivity index (χ0) is 20.1. The Hall–Kier alpha value is -2.63. The van der Waals surface area contributed by atoms with Crippen LogP contribution < -0.4 is 10.2 Å². The van der Waals surface area contributed by atoms with Gasteiger partial charge in [0.15, 0.2) is 0 Å². The maximum Gasteiger partial charge on any atom is 0.317 e. The lowest BCUT2D eigenvalue weighted by Crippen LogP contribution is -2.52. The van der Waals surface area contributed by atoms with E-state index in [0.717, 1.165) is 43.3 Å². The molecule has 2 amide bonds. The van der Waals surface area contributed by atoms with Crippen LogP contribution in [0.1, 0.15) is 42.1 Å². The van der Waals surface area contributed by atoms with E-state index in [1.54, 1.807) is 0 Å². The number of amides is 2. The van der Waals surface area contributed by atoms with Crippen LogP contribution in [-0.4, -0.2) is 53.6 Å². The second kappa shape index (κ2) is 9.04. The van der Waals surface area contributed by atoms with Gasteiger partial charge in [0.1, 0.15) is 11.6 Å². The third kappa shape index (κ3) is 4.61. The minimum atomic E-state index is 0.0233. The van der Waals surface area contributed by atoms with Crippen molar-refractivity contribution in [2.75, 3.05) is 37.6 Å². The molecule has 1 fully saturated rings. The zero-order valence-electron chi connectivity index (χ0n) is 17.5. The SMILES string of the molecule is CCNC(=O)N1CCN(c2nc(C)nc(CC)c2Cc2ccc(C)cc2)CC1. The van der Waals surface area contributed by atoms with E-state index in [2.05, 4.69) is 48.3 Å². The molecule has 1 N–H and O–H groups in total. The number of piperazine rings is 1. The Kier molecular flexibility index (Phi) is 6.49. The molecule has 0 aliphatic carbocycles. The molecule has 1 aromatic carbocycles. The molecule has 150 valence electrons. The highest BCUT2D eigenvalue weighted by molar-refractivity contribution is 5.74. The molecular formula is C22H31N5O. The largest absolute Gasteiger partial charge is 0.353 e. The van der Waals surface area contributed by atoms with Gasteiger partial charge in [-0.3, -0.25) is 0 Å². The fourth-order valence-corrected chi connectivity index (χ4v) is 3.67. The minimum absolute atomic E-state index is 0.0233. The van der Waals surface area contributed by atoms with E-state index in [9.17, 15) is 4.79 Å². The molecule has 0 radical (unpaired) electrons. The number of hydrogen-bond donors (Lipinski definition) is 1. The highest BCUT2D eigenvalue weighted by Crippen LogP contribution is 2.26. The van der Waals surface area contributed by atoms with E-state index in [1.165, 1.54) is 16.7 Å². The Labute approximate surface area is 168 Å². The number of rotatable bonds is 5. The maximum atomic E-state index is 12.1. The molecule has 0 unspecified atom stereocenters. The summed E-state index contributed by atoms with van der Waals surface area (Å²) in [7, 11) is 0. The van der Waals surface area contributed by atoms with Crippen LogP contribution in [0.15, 0.2) is 24.3 Å². The van der Waals surface area contributed by atoms with Crippen molar-refractivity contribution in [1.82, 2.24) is 20.2 Å². The smallest absolute Gasteiger partial charge is 0.317 e. The van der Waals surface area contributed by atoms with Crippen LogP contribution in [0, 0.1) is 13.8 Å². The summed E-state index contributed by atoms with van der Waals surface area (Å²) in [5.74, 6) is 1.84. The van der Waals surface area contributed by atoms with E-state index < -0.39 is 0 Å². The average molecular weight is 382 g/mol. The minimum Gasteiger partial charge on any atom is -0.353 e. The number of nitrogens with one attached hydrogen (secondary N) is 1. The van der Waals surface area contributed by atoms with Crippen LogP contribution >= 0.6 is 0 Å². The summed E-state index contributed by atoms with van der Waals surface area (Å²) >= 11 is 0. The van der Waals surface area contributed by atoms with Crippen molar-refractivity contribution in [3.8, 4) is 0 Å². The fraction of sp³-hybridized carbons (Fsp3) is 0.500. The Bertz CT molecular complexity index is 810. The molecule has 1 aromatic heterocycles. The second-order valence-corrected chi connectivity index (χ2v) is 7.35. The number of aromatic nitrogens is 2. The normalized spacial score (nSPS) is 14.3. The molecule has 3 rings (SSSR count). The fourth-order valence-electron chi connectivity index (χ4n) is 3.67. The van der Waals surface area contributed by atoms with Crippen molar-refractivity contribution in [2.24, 2.45) is 0 Å². The summed E-state index contributed by atoms with van der Waals surface area (Å²) in [5, 5.41) is 2.89. The molecule has 0 bridgehead atoms. The first-order valence-corrected chi connectivity index (χ1v) is 10.2. The van der Waals surface area contributed by atoms with Gasteiger partial charge in [0, 0.05) is 50.4 Å². The van der Waals surface area contributed by atoms with E-state index in [0.29, 0.717) is 19.6 Å². The van der Waals surface area contributed by atoms with Gasteiger partial charge in [-0.2, -0.15) is 0 Å². The lowest BCUT2D eigenvalue weighted by molar-refractivity contribution is 0.195. The van der Waals surface area contributed by atoms with Gasteiger partial charge in [-0.05, 0) is 32.8 Å². The Morgan fingerprint density at radius 2 is 1.71 bits per heavy atom. The molecule has 6 nitrogen and oxygen atoms in total. The predicted octanol–water partition coefficient (Wildman–Crippen LogP) is 3.10. The highest BCUT2D eigenvalue weighted by atomic mass is 16.2. The standard InChI is InChI=1S/C22H31N5O/c1-5-20-19(15-18-9-7-16(3)8-10-18)21(25-17(4)24-20)26-11-13-27(14-12-26)22(28)23-6-2/h7-10H,5-6,11-15H2,1-4H3,(H,23,28). The van der Waals surface area contributed by atoms with Crippen LogP contribution in [0.2, 0.25) is 0 Å². The van der Waals surface area contributed by atoms with Crippen LogP contribution in [0.4, 0.5) is 10.6 Å². The lowest BCUT2D eigenvalue weighted by Gasteiger charge is -2.36. The molecule has 28 heavy (non-hydrogen) atoms. The van der Waals surface area contributed by atoms with Gasteiger partial charge in [0.25, 0.3) is 0 Å². The third-order valence-corrected chi connectivity index (χ3v) is 5.21. The quantitative estimate of drug-likeness (QED) is 0.865. The summed E-state index contributed by atoms with van der Waals surface area (Å²) in [6.45, 7) is 11.8. The summed E-state index contributed by atoms with van der Waals surface area (Å²) in [6, 6.07) is 8.70. The van der Waals surface area contributed by atoms with Crippen LogP contribution in [0.25, 0.3) is 0 Å². The Balaban J connectivity index is 1.85. The monoisotopic (exact) mass is 381 g/mol. The number of hydrogen-bond acceptors (Lipinski definition) is 4. The van der Waals surface area contributed by atoms with Crippen molar-refractivity contribution < 1.29 is 4.79 Å². The summed E-state index contributed by atoms with van der Waals surface area (Å²) < 4.78 is 0. The summed E-state index contributed by atoms with van der Waals surface area (Å²) in [5.41, 5.74) is 4.87. The van der Waals surface area contributed by atoms with Crippen molar-refractivity contribution >= 4 is 11.8 Å². The summed E-state index contributed by atoms with van der Waals surface area (Å²) in [6.07, 6.45) is 1.71. The molecular weight excluding hydrogens is 350 g/mol. The van der Waals surface area contributed by atoms with Gasteiger partial charge in [-0.25, -0.2) is 14.8 Å². The topological polar surface area (TPSA) is 61.4 Å². The molecule has 1 aliphatic rings. The van der Waals surface area contributed by atoms with Crippen LogP contribution in [-0.2, 0) is 12.8 Å². The van der Waals surface area contributed by atoms with Crippen molar-refractivity contribution in [1.29, 1.82) is 0 Å². The number of carbonyl (C=O) groups excluding carboxylic acids is 1. The molecule has 2 aromatic rings. The van der Waals surface area contributed by atoms with Gasteiger partial charge >= 0.3 is 6.03 Å².